The van der Waals surface area contributed by atoms with E-state index in [1.807, 2.05) is 41.9 Å². The van der Waals surface area contributed by atoms with Crippen LogP contribution in [0.5, 0.6) is 11.5 Å². The number of aryl methyl sites for hydroxylation is 1. The van der Waals surface area contributed by atoms with Crippen LogP contribution in [0.2, 0.25) is 5.02 Å². The largest absolute Gasteiger partial charge is 0.457 e. The third kappa shape index (κ3) is 6.50. The first-order chi connectivity index (χ1) is 18.7. The molecule has 3 N–H and O–H groups in total. The molecule has 2 aromatic carbocycles. The first-order valence-electron chi connectivity index (χ1n) is 13.1. The van der Waals surface area contributed by atoms with Gasteiger partial charge < -0.3 is 25.3 Å². The minimum absolute atomic E-state index is 0.0754. The van der Waals surface area contributed by atoms with Gasteiger partial charge in [-0.25, -0.2) is 9.97 Å². The van der Waals surface area contributed by atoms with E-state index in [2.05, 4.69) is 52.7 Å². The molecule has 5 rings (SSSR count). The number of nitrogens with one attached hydrogen (secondary N) is 3. The second-order valence-electron chi connectivity index (χ2n) is 10.8. The molecule has 1 fully saturated rings. The smallest absolute Gasteiger partial charge is 0.239 e. The van der Waals surface area contributed by atoms with E-state index in [1.54, 1.807) is 18.3 Å². The predicted molar refractivity (Wildman–Crippen MR) is 156 cm³/mol. The Morgan fingerprint density at radius 2 is 1.85 bits per heavy atom. The Morgan fingerprint density at radius 3 is 2.62 bits per heavy atom. The number of piperazine rings is 1. The number of carbonyl (C=O) groups is 1. The lowest BCUT2D eigenvalue weighted by atomic mass is 9.87. The van der Waals surface area contributed by atoms with Gasteiger partial charge in [-0.3, -0.25) is 9.69 Å². The Balaban J connectivity index is 1.29. The lowest BCUT2D eigenvalue weighted by molar-refractivity contribution is -0.117. The molecule has 1 aliphatic heterocycles. The Kier molecular flexibility index (Phi) is 7.74. The highest BCUT2D eigenvalue weighted by atomic mass is 35.5. The van der Waals surface area contributed by atoms with Crippen LogP contribution < -0.4 is 20.7 Å². The first kappa shape index (κ1) is 26.9. The number of rotatable bonds is 7. The highest BCUT2D eigenvalue weighted by molar-refractivity contribution is 6.31. The van der Waals surface area contributed by atoms with Gasteiger partial charge >= 0.3 is 0 Å². The number of hydrogen-bond acceptors (Lipinski definition) is 7. The maximum Gasteiger partial charge on any atom is 0.239 e. The highest BCUT2D eigenvalue weighted by Gasteiger charge is 2.19. The van der Waals surface area contributed by atoms with Crippen molar-refractivity contribution >= 4 is 46.0 Å². The molecule has 1 saturated heterocycles. The van der Waals surface area contributed by atoms with E-state index in [1.165, 1.54) is 0 Å². The van der Waals surface area contributed by atoms with Crippen LogP contribution in [0.3, 0.4) is 0 Å². The average Bonchev–Trinajstić information content (AvgIpc) is 3.19. The molecule has 0 aliphatic carbocycles. The van der Waals surface area contributed by atoms with E-state index in [-0.39, 0.29) is 11.3 Å². The van der Waals surface area contributed by atoms with Crippen LogP contribution in [0.25, 0.3) is 11.0 Å². The summed E-state index contributed by atoms with van der Waals surface area (Å²) in [4.78, 5) is 23.7. The maximum atomic E-state index is 12.5. The summed E-state index contributed by atoms with van der Waals surface area (Å²) in [6, 6.07) is 15.2. The molecular weight excluding hydrogens is 514 g/mol. The molecule has 0 atom stereocenters. The summed E-state index contributed by atoms with van der Waals surface area (Å²) < 4.78 is 8.10. The number of benzene rings is 2. The molecule has 0 spiro atoms. The van der Waals surface area contributed by atoms with Gasteiger partial charge in [0.25, 0.3) is 0 Å². The van der Waals surface area contributed by atoms with E-state index in [9.17, 15) is 4.79 Å². The third-order valence-corrected chi connectivity index (χ3v) is 7.02. The number of anilines is 3. The fraction of sp³-hybridized carbons (Fsp3) is 0.345. The van der Waals surface area contributed by atoms with Crippen molar-refractivity contribution in [2.75, 3.05) is 43.4 Å². The van der Waals surface area contributed by atoms with Crippen molar-refractivity contribution in [1.29, 1.82) is 0 Å². The van der Waals surface area contributed by atoms with Crippen molar-refractivity contribution in [3.63, 3.8) is 0 Å². The molecule has 204 valence electrons. The molecule has 4 aromatic rings. The minimum atomic E-state index is -0.0909. The van der Waals surface area contributed by atoms with Gasteiger partial charge in [0.2, 0.25) is 11.9 Å². The van der Waals surface area contributed by atoms with Crippen molar-refractivity contribution in [1.82, 2.24) is 24.8 Å². The number of hydrogen-bond donors (Lipinski definition) is 3. The number of halogens is 1. The Bertz CT molecular complexity index is 1490. The second kappa shape index (κ2) is 11.2. The average molecular weight is 548 g/mol. The zero-order valence-electron chi connectivity index (χ0n) is 22.7. The van der Waals surface area contributed by atoms with Gasteiger partial charge in [0.05, 0.1) is 17.6 Å². The van der Waals surface area contributed by atoms with Crippen LogP contribution in [0, 0.1) is 0 Å². The van der Waals surface area contributed by atoms with Gasteiger partial charge in [-0.05, 0) is 47.4 Å². The Morgan fingerprint density at radius 1 is 1.08 bits per heavy atom. The lowest BCUT2D eigenvalue weighted by Crippen LogP contribution is -2.46. The predicted octanol–water partition coefficient (Wildman–Crippen LogP) is 5.30. The van der Waals surface area contributed by atoms with Crippen LogP contribution >= 0.6 is 11.6 Å². The van der Waals surface area contributed by atoms with E-state index < -0.39 is 0 Å². The number of nitrogens with zero attached hydrogens (tertiary/aromatic N) is 4. The van der Waals surface area contributed by atoms with Crippen LogP contribution in [0.1, 0.15) is 26.3 Å². The molecule has 10 heteroatoms. The highest BCUT2D eigenvalue weighted by Crippen LogP contribution is 2.33. The summed E-state index contributed by atoms with van der Waals surface area (Å²) in [6.45, 7) is 10.3. The fourth-order valence-corrected chi connectivity index (χ4v) is 5.00. The lowest BCUT2D eigenvalue weighted by Gasteiger charge is -2.26. The van der Waals surface area contributed by atoms with Crippen LogP contribution in [0.15, 0.2) is 54.7 Å². The number of amides is 1. The van der Waals surface area contributed by atoms with E-state index in [0.717, 1.165) is 53.5 Å². The van der Waals surface area contributed by atoms with Gasteiger partial charge in [-0.1, -0.05) is 32.4 Å². The summed E-state index contributed by atoms with van der Waals surface area (Å²) in [7, 11) is 1.97. The third-order valence-electron chi connectivity index (χ3n) is 6.69. The minimum Gasteiger partial charge on any atom is -0.457 e. The summed E-state index contributed by atoms with van der Waals surface area (Å²) in [5.41, 5.74) is 3.67. The zero-order valence-corrected chi connectivity index (χ0v) is 23.5. The Hall–Kier alpha value is -3.66. The monoisotopic (exact) mass is 547 g/mol. The molecular formula is C29H34ClN7O2. The van der Waals surface area contributed by atoms with Crippen LogP contribution in [-0.2, 0) is 17.3 Å². The summed E-state index contributed by atoms with van der Waals surface area (Å²) >= 11 is 6.45. The number of aromatic nitrogens is 3. The van der Waals surface area contributed by atoms with E-state index in [4.69, 9.17) is 21.3 Å². The van der Waals surface area contributed by atoms with Crippen molar-refractivity contribution in [3.8, 4) is 11.5 Å². The molecule has 0 unspecified atom stereocenters. The Labute approximate surface area is 233 Å². The van der Waals surface area contributed by atoms with Gasteiger partial charge in [-0.15, -0.1) is 0 Å². The van der Waals surface area contributed by atoms with Crippen molar-refractivity contribution < 1.29 is 9.53 Å². The summed E-state index contributed by atoms with van der Waals surface area (Å²) in [6.07, 6.45) is 1.62. The van der Waals surface area contributed by atoms with Gasteiger partial charge in [0, 0.05) is 62.3 Å². The van der Waals surface area contributed by atoms with E-state index >= 15 is 0 Å². The maximum absolute atomic E-state index is 12.5. The standard InChI is InChI=1S/C29H34ClN7O2/c1-29(2,3)22-15-19(5-7-23(22)30)33-28-34-24-16-20(6-8-25(24)36(28)4)39-21-9-10-32-26(17-21)35-27(38)18-37-13-11-31-12-14-37/h5-10,15-17,31H,11-14,18H2,1-4H3,(H,33,34)(H,32,35,38). The molecule has 9 nitrogen and oxygen atoms in total. The quantitative estimate of drug-likeness (QED) is 0.289. The number of ether oxygens (including phenoxy) is 1. The normalized spacial score (nSPS) is 14.4. The van der Waals surface area contributed by atoms with Crippen LogP contribution in [-0.4, -0.2) is 58.1 Å². The SMILES string of the molecule is Cn1c(Nc2ccc(Cl)c(C(C)(C)C)c2)nc2cc(Oc3ccnc(NC(=O)CN4CCNCC4)c3)ccc21. The van der Waals surface area contributed by atoms with Crippen molar-refractivity contribution in [2.45, 2.75) is 26.2 Å². The molecule has 2 aromatic heterocycles. The van der Waals surface area contributed by atoms with Gasteiger partial charge in [0.15, 0.2) is 0 Å². The van der Waals surface area contributed by atoms with Crippen molar-refractivity contribution in [3.05, 3.63) is 65.3 Å². The first-order valence-corrected chi connectivity index (χ1v) is 13.4. The fourth-order valence-electron chi connectivity index (χ4n) is 4.60. The molecule has 1 aliphatic rings. The summed E-state index contributed by atoms with van der Waals surface area (Å²) in [5, 5.41) is 10.3. The molecule has 0 saturated carbocycles. The second-order valence-corrected chi connectivity index (χ2v) is 11.2. The molecule has 3 heterocycles. The van der Waals surface area contributed by atoms with Crippen molar-refractivity contribution in [2.24, 2.45) is 7.05 Å². The number of fused-ring (bicyclic) bond motifs is 1. The van der Waals surface area contributed by atoms with Crippen LogP contribution in [0.4, 0.5) is 17.5 Å². The molecule has 0 radical (unpaired) electrons. The van der Waals surface area contributed by atoms with Gasteiger partial charge in [-0.2, -0.15) is 0 Å². The molecule has 39 heavy (non-hydrogen) atoms. The molecule has 1 amide bonds. The number of carbonyl (C=O) groups excluding carboxylic acids is 1. The molecule has 0 bridgehead atoms. The van der Waals surface area contributed by atoms with E-state index in [0.29, 0.717) is 29.8 Å². The number of pyridine rings is 1. The summed E-state index contributed by atoms with van der Waals surface area (Å²) in [5.74, 6) is 2.29. The topological polar surface area (TPSA) is 96.3 Å². The van der Waals surface area contributed by atoms with Gasteiger partial charge in [0.1, 0.15) is 17.3 Å². The zero-order chi connectivity index (χ0) is 27.6. The number of imidazole rings is 1.